The number of aliphatic carboxylic acids is 1. The summed E-state index contributed by atoms with van der Waals surface area (Å²) < 4.78 is 6.70. The Hall–Kier alpha value is -3.80. The summed E-state index contributed by atoms with van der Waals surface area (Å²) in [4.78, 5) is 55.8. The van der Waals surface area contributed by atoms with E-state index in [2.05, 4.69) is 15.3 Å². The van der Waals surface area contributed by atoms with Gasteiger partial charge < -0.3 is 25.5 Å². The van der Waals surface area contributed by atoms with Crippen LogP contribution in [0.3, 0.4) is 0 Å². The van der Waals surface area contributed by atoms with Crippen molar-refractivity contribution in [2.45, 2.75) is 39.7 Å². The molecule has 34 heavy (non-hydrogen) atoms. The normalized spacial score (nSPS) is 12.4. The van der Waals surface area contributed by atoms with Crippen LogP contribution >= 0.6 is 11.3 Å². The van der Waals surface area contributed by atoms with Crippen LogP contribution in [0, 0.1) is 6.92 Å². The van der Waals surface area contributed by atoms with Crippen molar-refractivity contribution in [3.05, 3.63) is 50.8 Å². The number of carboxylic acid groups (broad SMARTS) is 1. The van der Waals surface area contributed by atoms with Crippen LogP contribution in [0.25, 0.3) is 0 Å². The number of hydrogen-bond acceptors (Lipinski definition) is 6. The minimum Gasteiger partial charge on any atom is -0.481 e. The van der Waals surface area contributed by atoms with Crippen molar-refractivity contribution in [1.82, 2.24) is 9.88 Å². The lowest BCUT2D eigenvalue weighted by Gasteiger charge is -2.17. The first-order chi connectivity index (χ1) is 15.8. The lowest BCUT2D eigenvalue weighted by Crippen LogP contribution is -2.26. The molecule has 12 heteroatoms. The third kappa shape index (κ3) is 7.37. The average Bonchev–Trinajstić information content (AvgIpc) is 3.00. The van der Waals surface area contributed by atoms with Crippen LogP contribution in [-0.4, -0.2) is 51.5 Å². The van der Waals surface area contributed by atoms with Gasteiger partial charge in [-0.1, -0.05) is 23.5 Å². The zero-order valence-corrected chi connectivity index (χ0v) is 20.4. The molecule has 0 aliphatic heterocycles. The predicted molar refractivity (Wildman–Crippen MR) is 126 cm³/mol. The first-order valence-electron chi connectivity index (χ1n) is 10.2. The second-order valence-corrected chi connectivity index (χ2v) is 9.21. The SMILES string of the molecule is Cc1c(C(=O)NCCC(=O)O)sc(=NC(=O)c2ccc(/C(N)=N/C(=O)OC(C)(C)C)cc2)n1C. The van der Waals surface area contributed by atoms with Gasteiger partial charge in [-0.2, -0.15) is 9.98 Å². The number of amidine groups is 1. The van der Waals surface area contributed by atoms with Gasteiger partial charge in [-0.15, -0.1) is 0 Å². The van der Waals surface area contributed by atoms with E-state index in [-0.39, 0.29) is 24.4 Å². The average molecular weight is 490 g/mol. The van der Waals surface area contributed by atoms with E-state index in [1.807, 2.05) is 0 Å². The zero-order chi connectivity index (χ0) is 25.6. The van der Waals surface area contributed by atoms with Crippen LogP contribution in [0.4, 0.5) is 4.79 Å². The van der Waals surface area contributed by atoms with Crippen molar-refractivity contribution in [3.63, 3.8) is 0 Å². The van der Waals surface area contributed by atoms with E-state index in [4.69, 9.17) is 15.6 Å². The minimum atomic E-state index is -1.01. The Morgan fingerprint density at radius 2 is 1.74 bits per heavy atom. The van der Waals surface area contributed by atoms with Crippen LogP contribution in [0.2, 0.25) is 0 Å². The molecule has 3 amide bonds. The fourth-order valence-electron chi connectivity index (χ4n) is 2.58. The molecule has 1 aromatic carbocycles. The van der Waals surface area contributed by atoms with Gasteiger partial charge in [0.1, 0.15) is 16.3 Å². The van der Waals surface area contributed by atoms with Crippen molar-refractivity contribution in [2.24, 2.45) is 22.8 Å². The number of thiazole rings is 1. The third-order valence-corrected chi connectivity index (χ3v) is 5.61. The van der Waals surface area contributed by atoms with Gasteiger partial charge in [-0.25, -0.2) is 4.79 Å². The van der Waals surface area contributed by atoms with Crippen molar-refractivity contribution in [2.75, 3.05) is 6.54 Å². The molecule has 1 heterocycles. The highest BCUT2D eigenvalue weighted by Gasteiger charge is 2.17. The number of hydrogen-bond donors (Lipinski definition) is 3. The minimum absolute atomic E-state index is 0.00661. The fourth-order valence-corrected chi connectivity index (χ4v) is 3.62. The number of ether oxygens (including phenoxy) is 1. The molecule has 11 nitrogen and oxygen atoms in total. The number of aliphatic imine (C=N–C) groups is 1. The van der Waals surface area contributed by atoms with E-state index in [9.17, 15) is 19.2 Å². The van der Waals surface area contributed by atoms with Crippen LogP contribution in [0.5, 0.6) is 0 Å². The first-order valence-corrected chi connectivity index (χ1v) is 11.0. The Morgan fingerprint density at radius 1 is 1.15 bits per heavy atom. The summed E-state index contributed by atoms with van der Waals surface area (Å²) >= 11 is 1.02. The van der Waals surface area contributed by atoms with Crippen molar-refractivity contribution < 1.29 is 29.0 Å². The van der Waals surface area contributed by atoms with Crippen LogP contribution < -0.4 is 15.9 Å². The molecular formula is C22H27N5O6S. The maximum absolute atomic E-state index is 12.6. The number of nitrogens with one attached hydrogen (secondary N) is 1. The summed E-state index contributed by atoms with van der Waals surface area (Å²) in [7, 11) is 1.67. The van der Waals surface area contributed by atoms with Gasteiger partial charge in [-0.05, 0) is 39.8 Å². The fraction of sp³-hybridized carbons (Fsp3) is 0.364. The molecule has 4 N–H and O–H groups in total. The highest BCUT2D eigenvalue weighted by molar-refractivity contribution is 7.11. The number of aromatic nitrogens is 1. The molecule has 1 aromatic heterocycles. The molecule has 0 unspecified atom stereocenters. The molecule has 0 saturated heterocycles. The summed E-state index contributed by atoms with van der Waals surface area (Å²) in [6.45, 7) is 6.83. The van der Waals surface area contributed by atoms with Crippen LogP contribution in [0.15, 0.2) is 34.3 Å². The summed E-state index contributed by atoms with van der Waals surface area (Å²) in [6.07, 6.45) is -1.01. The molecular weight excluding hydrogens is 462 g/mol. The van der Waals surface area contributed by atoms with Gasteiger partial charge in [-0.3, -0.25) is 14.4 Å². The van der Waals surface area contributed by atoms with E-state index in [0.29, 0.717) is 20.9 Å². The molecule has 0 fully saturated rings. The van der Waals surface area contributed by atoms with Crippen molar-refractivity contribution in [3.8, 4) is 0 Å². The van der Waals surface area contributed by atoms with Gasteiger partial charge in [0.15, 0.2) is 4.80 Å². The largest absolute Gasteiger partial charge is 0.481 e. The quantitative estimate of drug-likeness (QED) is 0.412. The Labute approximate surface area is 200 Å². The van der Waals surface area contributed by atoms with E-state index in [0.717, 1.165) is 11.3 Å². The smallest absolute Gasteiger partial charge is 0.436 e. The number of amides is 3. The van der Waals surface area contributed by atoms with Gasteiger partial charge in [0.2, 0.25) is 0 Å². The van der Waals surface area contributed by atoms with Crippen LogP contribution in [0.1, 0.15) is 58.5 Å². The molecule has 182 valence electrons. The van der Waals surface area contributed by atoms with Gasteiger partial charge in [0.25, 0.3) is 11.8 Å². The monoisotopic (exact) mass is 489 g/mol. The highest BCUT2D eigenvalue weighted by Crippen LogP contribution is 2.12. The highest BCUT2D eigenvalue weighted by atomic mass is 32.1. The first kappa shape index (κ1) is 26.5. The number of carbonyl (C=O) groups is 4. The topological polar surface area (TPSA) is 165 Å². The molecule has 2 rings (SSSR count). The number of benzene rings is 1. The number of carboxylic acids is 1. The molecule has 0 spiro atoms. The lowest BCUT2D eigenvalue weighted by molar-refractivity contribution is -0.136. The second-order valence-electron chi connectivity index (χ2n) is 8.23. The number of rotatable bonds is 6. The van der Waals surface area contributed by atoms with Gasteiger partial charge in [0, 0.05) is 30.4 Å². The third-order valence-electron chi connectivity index (χ3n) is 4.37. The summed E-state index contributed by atoms with van der Waals surface area (Å²) in [5, 5.41) is 11.2. The maximum atomic E-state index is 12.6. The van der Waals surface area contributed by atoms with Gasteiger partial charge in [0.05, 0.1) is 6.42 Å². The predicted octanol–water partition coefficient (Wildman–Crippen LogP) is 1.98. The summed E-state index contributed by atoms with van der Waals surface area (Å²) in [5.41, 5.74) is 6.44. The van der Waals surface area contributed by atoms with E-state index < -0.39 is 29.5 Å². The standard InChI is InChI=1S/C22H27N5O6S/c1-12-16(19(31)24-11-10-15(28)29)34-20(27(12)5)26-18(30)14-8-6-13(7-9-14)17(23)25-21(32)33-22(2,3)4/h6-9H,10-11H2,1-5H3,(H,24,31)(H,28,29)(H2,23,25,32). The number of nitrogens with two attached hydrogens (primary N) is 1. The molecule has 0 atom stereocenters. The Morgan fingerprint density at radius 3 is 2.29 bits per heavy atom. The molecule has 0 bridgehead atoms. The Bertz CT molecular complexity index is 1200. The molecule has 0 aliphatic rings. The van der Waals surface area contributed by atoms with Crippen LogP contribution in [-0.2, 0) is 16.6 Å². The molecule has 0 aliphatic carbocycles. The number of nitrogens with zero attached hydrogens (tertiary/aromatic N) is 3. The lowest BCUT2D eigenvalue weighted by atomic mass is 10.1. The zero-order valence-electron chi connectivity index (χ0n) is 19.5. The molecule has 2 aromatic rings. The Balaban J connectivity index is 2.19. The molecule has 0 radical (unpaired) electrons. The summed E-state index contributed by atoms with van der Waals surface area (Å²) in [5.74, 6) is -2.04. The van der Waals surface area contributed by atoms with E-state index in [1.54, 1.807) is 39.3 Å². The second kappa shape index (κ2) is 10.9. The number of carbonyl (C=O) groups excluding carboxylic acids is 3. The van der Waals surface area contributed by atoms with Crippen molar-refractivity contribution >= 4 is 41.0 Å². The molecule has 0 saturated carbocycles. The van der Waals surface area contributed by atoms with Crippen molar-refractivity contribution in [1.29, 1.82) is 0 Å². The summed E-state index contributed by atoms with van der Waals surface area (Å²) in [6, 6.07) is 6.07. The Kier molecular flexibility index (Phi) is 8.46. The maximum Gasteiger partial charge on any atom is 0.436 e. The van der Waals surface area contributed by atoms with Gasteiger partial charge >= 0.3 is 12.1 Å². The van der Waals surface area contributed by atoms with E-state index in [1.165, 1.54) is 24.3 Å². The van der Waals surface area contributed by atoms with E-state index >= 15 is 0 Å².